The molecule has 0 radical (unpaired) electrons. The Kier molecular flexibility index (Phi) is 3.86. The van der Waals surface area contributed by atoms with E-state index in [0.29, 0.717) is 0 Å². The number of hydrazine groups is 1. The molecule has 0 saturated carbocycles. The van der Waals surface area contributed by atoms with Crippen LogP contribution in [0.1, 0.15) is 16.4 Å². The number of rotatable bonds is 3. The lowest BCUT2D eigenvalue weighted by Gasteiger charge is -2.10. The zero-order valence-electron chi connectivity index (χ0n) is 8.51. The number of benzene rings is 1. The van der Waals surface area contributed by atoms with Crippen LogP contribution in [0.25, 0.3) is 0 Å². The van der Waals surface area contributed by atoms with Crippen LogP contribution in [-0.4, -0.2) is 10.8 Å². The maximum absolute atomic E-state index is 11.2. The van der Waals surface area contributed by atoms with Crippen molar-refractivity contribution in [3.8, 4) is 0 Å². The van der Waals surface area contributed by atoms with E-state index in [1.54, 1.807) is 13.0 Å². The predicted molar refractivity (Wildman–Crippen MR) is 61.9 cm³/mol. The zero-order chi connectivity index (χ0) is 12.3. The van der Waals surface area contributed by atoms with Crippen LogP contribution < -0.4 is 11.3 Å². The maximum Gasteiger partial charge on any atom is 0.274 e. The number of hydrogen-bond donors (Lipinski definition) is 3. The van der Waals surface area contributed by atoms with E-state index in [9.17, 15) is 14.9 Å². The molecule has 0 saturated heterocycles. The molecular formula is C9H11N3O3S. The number of amides is 1. The molecule has 0 aliphatic rings. The van der Waals surface area contributed by atoms with Crippen molar-refractivity contribution in [2.75, 3.05) is 0 Å². The van der Waals surface area contributed by atoms with Gasteiger partial charge in [-0.1, -0.05) is 12.1 Å². The van der Waals surface area contributed by atoms with Crippen LogP contribution in [0.2, 0.25) is 0 Å². The Morgan fingerprint density at radius 2 is 2.25 bits per heavy atom. The van der Waals surface area contributed by atoms with E-state index in [-0.39, 0.29) is 11.3 Å². The van der Waals surface area contributed by atoms with E-state index in [1.807, 2.05) is 5.43 Å². The van der Waals surface area contributed by atoms with Crippen LogP contribution in [0.15, 0.2) is 18.2 Å². The van der Waals surface area contributed by atoms with Gasteiger partial charge in [-0.3, -0.25) is 20.3 Å². The van der Waals surface area contributed by atoms with Gasteiger partial charge in [0.2, 0.25) is 0 Å². The molecule has 1 unspecified atom stereocenters. The summed E-state index contributed by atoms with van der Waals surface area (Å²) in [7, 11) is 0. The quantitative estimate of drug-likeness (QED) is 0.240. The number of carbonyl (C=O) groups excluding carboxylic acids is 1. The molecule has 7 heteroatoms. The molecule has 6 nitrogen and oxygen atoms in total. The summed E-state index contributed by atoms with van der Waals surface area (Å²) in [4.78, 5) is 21.5. The normalized spacial score (nSPS) is 11.9. The average Bonchev–Trinajstić information content (AvgIpc) is 2.26. The van der Waals surface area contributed by atoms with Gasteiger partial charge in [-0.05, 0) is 12.5 Å². The molecule has 86 valence electrons. The van der Waals surface area contributed by atoms with E-state index >= 15 is 0 Å². The summed E-state index contributed by atoms with van der Waals surface area (Å²) in [5.41, 5.74) is 2.73. The van der Waals surface area contributed by atoms with Gasteiger partial charge in [0.25, 0.3) is 11.6 Å². The van der Waals surface area contributed by atoms with E-state index in [2.05, 4.69) is 12.6 Å². The van der Waals surface area contributed by atoms with Crippen molar-refractivity contribution in [1.29, 1.82) is 0 Å². The maximum atomic E-state index is 11.2. The molecule has 1 aromatic rings. The summed E-state index contributed by atoms with van der Waals surface area (Å²) < 4.78 is 0. The second-order valence-electron chi connectivity index (χ2n) is 3.23. The summed E-state index contributed by atoms with van der Waals surface area (Å²) in [5, 5.41) is 9.85. The minimum atomic E-state index is -0.953. The molecule has 0 bridgehead atoms. The summed E-state index contributed by atoms with van der Waals surface area (Å²) in [6, 6.07) is 4.57. The topological polar surface area (TPSA) is 98.3 Å². The SMILES string of the molecule is Cc1ccc(C(S)C(=O)NN)c([N+](=O)[O-])c1. The summed E-state index contributed by atoms with van der Waals surface area (Å²) in [5.74, 6) is 4.36. The van der Waals surface area contributed by atoms with Crippen LogP contribution >= 0.6 is 12.6 Å². The number of nitrogens with two attached hydrogens (primary N) is 1. The Morgan fingerprint density at radius 1 is 1.62 bits per heavy atom. The second-order valence-corrected chi connectivity index (χ2v) is 3.75. The van der Waals surface area contributed by atoms with E-state index in [4.69, 9.17) is 5.84 Å². The highest BCUT2D eigenvalue weighted by Gasteiger charge is 2.24. The molecule has 1 atom stereocenters. The number of nitro groups is 1. The molecule has 1 aromatic carbocycles. The molecule has 0 aliphatic carbocycles. The lowest BCUT2D eigenvalue weighted by Crippen LogP contribution is -2.33. The van der Waals surface area contributed by atoms with Gasteiger partial charge in [-0.2, -0.15) is 12.6 Å². The van der Waals surface area contributed by atoms with Gasteiger partial charge in [0.15, 0.2) is 0 Å². The lowest BCUT2D eigenvalue weighted by molar-refractivity contribution is -0.385. The standard InChI is InChI=1S/C9H11N3O3S/c1-5-2-3-6(7(4-5)12(14)15)8(16)9(13)11-10/h2-4,8,16H,10H2,1H3,(H,11,13). The smallest absolute Gasteiger partial charge is 0.274 e. The van der Waals surface area contributed by atoms with Crippen molar-refractivity contribution in [3.63, 3.8) is 0 Å². The number of nitrogens with zero attached hydrogens (tertiary/aromatic N) is 1. The highest BCUT2D eigenvalue weighted by atomic mass is 32.1. The van der Waals surface area contributed by atoms with Gasteiger partial charge in [0.05, 0.1) is 10.5 Å². The number of nitrogens with one attached hydrogen (secondary N) is 1. The summed E-state index contributed by atoms with van der Waals surface area (Å²) in [6.07, 6.45) is 0. The van der Waals surface area contributed by atoms with Crippen molar-refractivity contribution < 1.29 is 9.72 Å². The first kappa shape index (κ1) is 12.5. The van der Waals surface area contributed by atoms with Gasteiger partial charge in [-0.25, -0.2) is 5.84 Å². The van der Waals surface area contributed by atoms with Gasteiger partial charge < -0.3 is 0 Å². The van der Waals surface area contributed by atoms with Gasteiger partial charge in [0, 0.05) is 6.07 Å². The molecule has 0 fully saturated rings. The first-order valence-electron chi connectivity index (χ1n) is 4.41. The van der Waals surface area contributed by atoms with Crippen molar-refractivity contribution >= 4 is 24.2 Å². The van der Waals surface area contributed by atoms with E-state index < -0.39 is 16.1 Å². The van der Waals surface area contributed by atoms with E-state index in [1.165, 1.54) is 12.1 Å². The fourth-order valence-corrected chi connectivity index (χ4v) is 1.56. The average molecular weight is 241 g/mol. The third-order valence-electron chi connectivity index (χ3n) is 2.07. The predicted octanol–water partition coefficient (Wildman–Crippen LogP) is 0.864. The molecule has 3 N–H and O–H groups in total. The van der Waals surface area contributed by atoms with Crippen LogP contribution in [0.3, 0.4) is 0 Å². The van der Waals surface area contributed by atoms with Crippen molar-refractivity contribution in [1.82, 2.24) is 5.43 Å². The number of nitro benzene ring substituents is 1. The van der Waals surface area contributed by atoms with E-state index in [0.717, 1.165) is 5.56 Å². The van der Waals surface area contributed by atoms with Crippen LogP contribution in [0, 0.1) is 17.0 Å². The summed E-state index contributed by atoms with van der Waals surface area (Å²) >= 11 is 4.00. The van der Waals surface area contributed by atoms with Gasteiger partial charge in [0.1, 0.15) is 5.25 Å². The third-order valence-corrected chi connectivity index (χ3v) is 2.58. The third kappa shape index (κ3) is 2.50. The Balaban J connectivity index is 3.22. The van der Waals surface area contributed by atoms with Crippen LogP contribution in [0.5, 0.6) is 0 Å². The molecule has 0 aliphatic heterocycles. The van der Waals surface area contributed by atoms with Crippen molar-refractivity contribution in [2.24, 2.45) is 5.84 Å². The summed E-state index contributed by atoms with van der Waals surface area (Å²) in [6.45, 7) is 1.73. The number of hydrogen-bond acceptors (Lipinski definition) is 5. The van der Waals surface area contributed by atoms with Gasteiger partial charge >= 0.3 is 0 Å². The Hall–Kier alpha value is -1.60. The highest BCUT2D eigenvalue weighted by molar-refractivity contribution is 7.81. The van der Waals surface area contributed by atoms with Crippen LogP contribution in [-0.2, 0) is 4.79 Å². The molecule has 1 amide bonds. The van der Waals surface area contributed by atoms with Crippen molar-refractivity contribution in [2.45, 2.75) is 12.2 Å². The largest absolute Gasteiger partial charge is 0.293 e. The zero-order valence-corrected chi connectivity index (χ0v) is 9.40. The molecule has 0 spiro atoms. The van der Waals surface area contributed by atoms with Crippen LogP contribution in [0.4, 0.5) is 5.69 Å². The Labute approximate surface area is 97.4 Å². The Bertz CT molecular complexity index is 436. The molecule has 0 aromatic heterocycles. The lowest BCUT2D eigenvalue weighted by atomic mass is 10.1. The monoisotopic (exact) mass is 241 g/mol. The highest BCUT2D eigenvalue weighted by Crippen LogP contribution is 2.30. The molecule has 16 heavy (non-hydrogen) atoms. The Morgan fingerprint density at radius 3 is 2.75 bits per heavy atom. The fourth-order valence-electron chi connectivity index (χ4n) is 1.26. The van der Waals surface area contributed by atoms with Gasteiger partial charge in [-0.15, -0.1) is 0 Å². The number of carbonyl (C=O) groups is 1. The molecule has 1 rings (SSSR count). The minimum Gasteiger partial charge on any atom is -0.293 e. The minimum absolute atomic E-state index is 0.136. The molecular weight excluding hydrogens is 230 g/mol. The first-order valence-corrected chi connectivity index (χ1v) is 4.92. The first-order chi connectivity index (χ1) is 7.47. The number of aryl methyl sites for hydroxylation is 1. The number of thiol groups is 1. The second kappa shape index (κ2) is 4.95. The molecule has 0 heterocycles. The fraction of sp³-hybridized carbons (Fsp3) is 0.222. The van der Waals surface area contributed by atoms with Crippen molar-refractivity contribution in [3.05, 3.63) is 39.4 Å².